The van der Waals surface area contributed by atoms with E-state index in [9.17, 15) is 0 Å². The number of nitrogens with zero attached hydrogens (tertiary/aromatic N) is 5. The molecular weight excluding hydrogens is 432 g/mol. The minimum atomic E-state index is -0.0590. The number of morpholine rings is 1. The van der Waals surface area contributed by atoms with Gasteiger partial charge in [-0.2, -0.15) is 5.10 Å². The predicted molar refractivity (Wildman–Crippen MR) is 130 cm³/mol. The normalized spacial score (nSPS) is 17.1. The first-order valence-corrected chi connectivity index (χ1v) is 11.6. The molecule has 2 aliphatic heterocycles. The van der Waals surface area contributed by atoms with E-state index in [1.54, 1.807) is 6.26 Å². The Hall–Kier alpha value is -3.79. The molecule has 3 N–H and O–H groups in total. The van der Waals surface area contributed by atoms with Gasteiger partial charge < -0.3 is 29.7 Å². The van der Waals surface area contributed by atoms with E-state index in [-0.39, 0.29) is 6.04 Å². The molecule has 0 amide bonds. The lowest BCUT2D eigenvalue weighted by molar-refractivity contribution is 0.122. The van der Waals surface area contributed by atoms with Crippen LogP contribution in [0.1, 0.15) is 35.7 Å². The number of fused-ring (bicyclic) bond motifs is 2. The third-order valence-electron chi connectivity index (χ3n) is 6.52. The lowest BCUT2D eigenvalue weighted by Gasteiger charge is -2.30. The predicted octanol–water partition coefficient (Wildman–Crippen LogP) is 3.07. The lowest BCUT2D eigenvalue weighted by Crippen LogP contribution is -2.36. The zero-order chi connectivity index (χ0) is 23.2. The zero-order valence-corrected chi connectivity index (χ0v) is 19.6. The summed E-state index contributed by atoms with van der Waals surface area (Å²) in [7, 11) is 1.93. The molecule has 176 valence electrons. The molecule has 3 aromatic heterocycles. The summed E-state index contributed by atoms with van der Waals surface area (Å²) in [6, 6.07) is 4.31. The number of aromatic nitrogens is 5. The van der Waals surface area contributed by atoms with Gasteiger partial charge in [-0.15, -0.1) is 0 Å². The topological polar surface area (TPSA) is 109 Å². The quantitative estimate of drug-likeness (QED) is 0.417. The number of benzene rings is 1. The first-order valence-electron chi connectivity index (χ1n) is 11.6. The number of hydrogen-bond acceptors (Lipinski definition) is 8. The second-order valence-corrected chi connectivity index (χ2v) is 8.89. The number of imidazole rings is 1. The van der Waals surface area contributed by atoms with Crippen molar-refractivity contribution >= 4 is 33.7 Å². The summed E-state index contributed by atoms with van der Waals surface area (Å²) in [5.74, 6) is 0.826. The molecule has 0 aliphatic carbocycles. The molecule has 1 atom stereocenters. The Balaban J connectivity index is 1.43. The third kappa shape index (κ3) is 3.60. The van der Waals surface area contributed by atoms with E-state index < -0.39 is 0 Å². The molecule has 10 nitrogen and oxygen atoms in total. The van der Waals surface area contributed by atoms with Gasteiger partial charge in [-0.25, -0.2) is 9.97 Å². The summed E-state index contributed by atoms with van der Waals surface area (Å²) in [6.07, 6.45) is 5.10. The highest BCUT2D eigenvalue weighted by molar-refractivity contribution is 5.96. The van der Waals surface area contributed by atoms with Crippen molar-refractivity contribution in [3.63, 3.8) is 0 Å². The van der Waals surface area contributed by atoms with Gasteiger partial charge in [-0.3, -0.25) is 4.68 Å². The van der Waals surface area contributed by atoms with E-state index in [2.05, 4.69) is 51.5 Å². The van der Waals surface area contributed by atoms with Crippen molar-refractivity contribution in [2.75, 3.05) is 43.1 Å². The van der Waals surface area contributed by atoms with Crippen molar-refractivity contribution in [1.29, 1.82) is 0 Å². The van der Waals surface area contributed by atoms with Crippen molar-refractivity contribution in [2.45, 2.75) is 19.9 Å². The highest BCUT2D eigenvalue weighted by atomic mass is 16.5. The Morgan fingerprint density at radius 3 is 2.85 bits per heavy atom. The molecule has 1 saturated heterocycles. The zero-order valence-electron chi connectivity index (χ0n) is 19.6. The van der Waals surface area contributed by atoms with Crippen LogP contribution >= 0.6 is 0 Å². The minimum absolute atomic E-state index is 0.0590. The van der Waals surface area contributed by atoms with Gasteiger partial charge >= 0.3 is 0 Å². The van der Waals surface area contributed by atoms with E-state index >= 15 is 0 Å². The van der Waals surface area contributed by atoms with Crippen LogP contribution in [0.15, 0.2) is 35.4 Å². The van der Waals surface area contributed by atoms with E-state index in [0.717, 1.165) is 71.5 Å². The molecule has 10 heteroatoms. The molecule has 1 fully saturated rings. The highest BCUT2D eigenvalue weighted by Gasteiger charge is 2.27. The number of H-pyrrole nitrogens is 1. The van der Waals surface area contributed by atoms with Gasteiger partial charge in [0.1, 0.15) is 23.5 Å². The highest BCUT2D eigenvalue weighted by Crippen LogP contribution is 2.35. The molecule has 5 heterocycles. The first kappa shape index (κ1) is 20.8. The summed E-state index contributed by atoms with van der Waals surface area (Å²) in [5.41, 5.74) is 9.07. The van der Waals surface area contributed by atoms with Gasteiger partial charge in [0.15, 0.2) is 6.39 Å². The molecule has 0 radical (unpaired) electrons. The van der Waals surface area contributed by atoms with E-state index in [1.807, 2.05) is 17.9 Å². The number of aromatic amines is 1. The number of nitrogens with one attached hydrogen (secondary N) is 3. The van der Waals surface area contributed by atoms with Crippen LogP contribution in [-0.2, 0) is 11.8 Å². The SMILES string of the molecule is Cc1cc2nc(C3=C(N[C@@H](C)c4cocn4)c4nn(C)cc4NC3)[nH]c2cc1N1CCOCC1. The van der Waals surface area contributed by atoms with Crippen molar-refractivity contribution in [3.8, 4) is 0 Å². The summed E-state index contributed by atoms with van der Waals surface area (Å²) in [5, 5.41) is 11.8. The maximum absolute atomic E-state index is 5.53. The van der Waals surface area contributed by atoms with Gasteiger partial charge in [-0.05, 0) is 31.5 Å². The van der Waals surface area contributed by atoms with E-state index in [1.165, 1.54) is 17.6 Å². The molecule has 0 saturated carbocycles. The largest absolute Gasteiger partial charge is 0.451 e. The number of aryl methyl sites for hydroxylation is 2. The van der Waals surface area contributed by atoms with Gasteiger partial charge in [0, 0.05) is 44.1 Å². The molecule has 1 aromatic carbocycles. The summed E-state index contributed by atoms with van der Waals surface area (Å²) >= 11 is 0. The fourth-order valence-corrected chi connectivity index (χ4v) is 4.74. The molecule has 34 heavy (non-hydrogen) atoms. The van der Waals surface area contributed by atoms with Crippen LogP contribution in [0.5, 0.6) is 0 Å². The summed E-state index contributed by atoms with van der Waals surface area (Å²) in [4.78, 5) is 15.2. The van der Waals surface area contributed by atoms with Crippen molar-refractivity contribution in [1.82, 2.24) is 30.0 Å². The van der Waals surface area contributed by atoms with Crippen LogP contribution in [0.25, 0.3) is 22.3 Å². The maximum Gasteiger partial charge on any atom is 0.180 e. The van der Waals surface area contributed by atoms with Crippen LogP contribution in [-0.4, -0.2) is 57.6 Å². The van der Waals surface area contributed by atoms with E-state index in [0.29, 0.717) is 6.54 Å². The van der Waals surface area contributed by atoms with Crippen LogP contribution < -0.4 is 15.5 Å². The second kappa shape index (κ2) is 8.21. The van der Waals surface area contributed by atoms with Gasteiger partial charge in [0.25, 0.3) is 0 Å². The second-order valence-electron chi connectivity index (χ2n) is 8.89. The average Bonchev–Trinajstić information content (AvgIpc) is 3.58. The van der Waals surface area contributed by atoms with Gasteiger partial charge in [0.05, 0.1) is 41.7 Å². The third-order valence-corrected chi connectivity index (χ3v) is 6.52. The van der Waals surface area contributed by atoms with Crippen LogP contribution in [0.4, 0.5) is 11.4 Å². The fraction of sp³-hybridized carbons (Fsp3) is 0.375. The minimum Gasteiger partial charge on any atom is -0.451 e. The number of anilines is 2. The van der Waals surface area contributed by atoms with Crippen LogP contribution in [0, 0.1) is 6.92 Å². The molecule has 0 unspecified atom stereocenters. The Morgan fingerprint density at radius 1 is 1.21 bits per heavy atom. The number of ether oxygens (including phenoxy) is 1. The number of rotatable bonds is 5. The molecule has 6 rings (SSSR count). The van der Waals surface area contributed by atoms with Crippen LogP contribution in [0.3, 0.4) is 0 Å². The first-order chi connectivity index (χ1) is 16.6. The fourth-order valence-electron chi connectivity index (χ4n) is 4.74. The molecule has 0 spiro atoms. The van der Waals surface area contributed by atoms with Gasteiger partial charge in [-0.1, -0.05) is 0 Å². The maximum atomic E-state index is 5.53. The molecule has 0 bridgehead atoms. The Morgan fingerprint density at radius 2 is 2.06 bits per heavy atom. The monoisotopic (exact) mass is 460 g/mol. The van der Waals surface area contributed by atoms with Crippen molar-refractivity contribution in [2.24, 2.45) is 7.05 Å². The Labute approximate surface area is 197 Å². The van der Waals surface area contributed by atoms with Crippen LogP contribution in [0.2, 0.25) is 0 Å². The lowest BCUT2D eigenvalue weighted by atomic mass is 10.0. The Kier molecular flexibility index (Phi) is 5.02. The van der Waals surface area contributed by atoms with Crippen molar-refractivity contribution in [3.05, 3.63) is 53.8 Å². The van der Waals surface area contributed by atoms with E-state index in [4.69, 9.17) is 19.2 Å². The van der Waals surface area contributed by atoms with Gasteiger partial charge in [0.2, 0.25) is 0 Å². The summed E-state index contributed by atoms with van der Waals surface area (Å²) < 4.78 is 12.5. The molecule has 2 aliphatic rings. The molecule has 4 aromatic rings. The standard InChI is InChI=1S/C24H28N8O2/c1-14-8-17-18(9-21(14)32-4-6-33-7-5-32)29-24(28-17)16-10-25-19-11-31(3)30-23(19)22(16)27-15(2)20-12-34-13-26-20/h8-9,11-13,15,25,27H,4-7,10H2,1-3H3,(H,28,29)/t15-/m0/s1. The average molecular weight is 461 g/mol. The number of oxazole rings is 1. The smallest absolute Gasteiger partial charge is 0.180 e. The number of hydrogen-bond donors (Lipinski definition) is 3. The summed E-state index contributed by atoms with van der Waals surface area (Å²) in [6.45, 7) is 8.15. The van der Waals surface area contributed by atoms with Crippen molar-refractivity contribution < 1.29 is 9.15 Å². The Bertz CT molecular complexity index is 1360. The molecular formula is C24H28N8O2.